The molecule has 0 saturated carbocycles. The van der Waals surface area contributed by atoms with E-state index in [9.17, 15) is 0 Å². The first-order valence-electron chi connectivity index (χ1n) is 10.8. The molecule has 0 aromatic rings. The van der Waals surface area contributed by atoms with Crippen LogP contribution in [0.3, 0.4) is 0 Å². The normalized spacial score (nSPS) is 19.7. The van der Waals surface area contributed by atoms with Gasteiger partial charge in [-0.25, -0.2) is 0 Å². The number of halogens is 2. The largest absolute Gasteiger partial charge is 1.00 e. The van der Waals surface area contributed by atoms with Gasteiger partial charge in [-0.3, -0.25) is 0 Å². The summed E-state index contributed by atoms with van der Waals surface area (Å²) in [7, 11) is -2.88. The molecule has 0 fully saturated rings. The molecule has 0 unspecified atom stereocenters. The van der Waals surface area contributed by atoms with E-state index in [2.05, 4.69) is 65.3 Å². The molecule has 2 nitrogen and oxygen atoms in total. The molecule has 168 valence electrons. The summed E-state index contributed by atoms with van der Waals surface area (Å²) in [4.78, 5) is 0. The fraction of sp³-hybridized carbons (Fsp3) is 0.652. The first-order chi connectivity index (χ1) is 12.9. The van der Waals surface area contributed by atoms with Crippen LogP contribution in [0.25, 0.3) is 0 Å². The van der Waals surface area contributed by atoms with E-state index in [0.29, 0.717) is 0 Å². The van der Waals surface area contributed by atoms with Crippen LogP contribution in [0.15, 0.2) is 41.0 Å². The molecule has 0 aromatic heterocycles. The van der Waals surface area contributed by atoms with Gasteiger partial charge >= 0.3 is 187 Å². The molecular formula is C23H38Cl2O2Si2Zr. The molecule has 2 aliphatic carbocycles. The van der Waals surface area contributed by atoms with Gasteiger partial charge in [-0.2, -0.15) is 0 Å². The zero-order valence-corrected chi connectivity index (χ0v) is 25.9. The van der Waals surface area contributed by atoms with Crippen LogP contribution in [0.5, 0.6) is 0 Å². The maximum Gasteiger partial charge on any atom is -1.00 e. The molecule has 0 radical (unpaired) electrons. The fourth-order valence-electron chi connectivity index (χ4n) is 4.56. The fourth-order valence-corrected chi connectivity index (χ4v) is 9.91. The van der Waals surface area contributed by atoms with Crippen molar-refractivity contribution < 1.29 is 56.9 Å². The van der Waals surface area contributed by atoms with Gasteiger partial charge in [-0.05, 0) is 0 Å². The average Bonchev–Trinajstić information content (AvgIpc) is 3.12. The Morgan fingerprint density at radius 1 is 0.767 bits per heavy atom. The number of rotatable bonds is 8. The summed E-state index contributed by atoms with van der Waals surface area (Å²) in [5.41, 5.74) is 6.69. The van der Waals surface area contributed by atoms with Crippen LogP contribution in [0, 0.1) is 5.41 Å². The standard InChI is InChI=1S/C23H38O2Si2.2ClH.Zr/c1-23(2,21-13-9-11-19(21)15-17-24-26(3,4)5)22-14-10-12-20(22)16-18-25-27(6,7)8;;;/h13-14H,9-10,15-18H2,1-8H3;2*1H;/q;;;+2/p-2. The molecule has 4 bridgehead atoms. The van der Waals surface area contributed by atoms with Gasteiger partial charge in [0.2, 0.25) is 0 Å². The molecular weight excluding hydrogens is 527 g/mol. The van der Waals surface area contributed by atoms with Crippen molar-refractivity contribution in [2.45, 2.75) is 78.8 Å². The van der Waals surface area contributed by atoms with E-state index >= 15 is 0 Å². The van der Waals surface area contributed by atoms with Crippen molar-refractivity contribution in [2.24, 2.45) is 5.41 Å². The van der Waals surface area contributed by atoms with Crippen LogP contribution in [0.4, 0.5) is 0 Å². The Kier molecular flexibility index (Phi) is 10.4. The van der Waals surface area contributed by atoms with Crippen LogP contribution in [-0.2, 0) is 32.1 Å². The van der Waals surface area contributed by atoms with E-state index < -0.39 is 39.9 Å². The van der Waals surface area contributed by atoms with Gasteiger partial charge in [0.15, 0.2) is 0 Å². The van der Waals surface area contributed by atoms with Crippen LogP contribution in [-0.4, -0.2) is 29.8 Å². The van der Waals surface area contributed by atoms with E-state index in [1.807, 2.05) is 6.56 Å². The Morgan fingerprint density at radius 2 is 1.13 bits per heavy atom. The predicted octanol–water partition coefficient (Wildman–Crippen LogP) is 0.768. The van der Waals surface area contributed by atoms with Gasteiger partial charge in [0.05, 0.1) is 0 Å². The van der Waals surface area contributed by atoms with Crippen molar-refractivity contribution in [1.29, 1.82) is 0 Å². The van der Waals surface area contributed by atoms with Crippen molar-refractivity contribution in [2.75, 3.05) is 13.2 Å². The SMILES string of the molecule is CC1(C)C2=CC[C](=C2CCO[Si](C)(C)C)[Zr+2][C]2=C(CCO[Si](C)(C)C)C1=CC2.[Cl-].[Cl-]. The second-order valence-corrected chi connectivity index (χ2v) is 23.3. The van der Waals surface area contributed by atoms with E-state index in [-0.39, 0.29) is 30.2 Å². The van der Waals surface area contributed by atoms with Gasteiger partial charge in [0, 0.05) is 0 Å². The van der Waals surface area contributed by atoms with Crippen LogP contribution in [0.1, 0.15) is 39.5 Å². The summed E-state index contributed by atoms with van der Waals surface area (Å²) < 4.78 is 16.1. The Labute approximate surface area is 210 Å². The van der Waals surface area contributed by atoms with Gasteiger partial charge in [-0.15, -0.1) is 0 Å². The van der Waals surface area contributed by atoms with Gasteiger partial charge in [0.25, 0.3) is 0 Å². The molecule has 0 atom stereocenters. The van der Waals surface area contributed by atoms with Gasteiger partial charge in [-0.1, -0.05) is 0 Å². The molecule has 3 rings (SSSR count). The van der Waals surface area contributed by atoms with Crippen molar-refractivity contribution in [1.82, 2.24) is 0 Å². The second-order valence-electron chi connectivity index (χ2n) is 10.7. The third-order valence-corrected chi connectivity index (χ3v) is 11.9. The topological polar surface area (TPSA) is 18.5 Å². The number of hydrogen-bond acceptors (Lipinski definition) is 2. The number of allylic oxidation sites excluding steroid dienone is 6. The Morgan fingerprint density at radius 3 is 1.47 bits per heavy atom. The first-order valence-corrected chi connectivity index (χ1v) is 20.1. The second kappa shape index (κ2) is 10.8. The monoisotopic (exact) mass is 562 g/mol. The van der Waals surface area contributed by atoms with E-state index in [4.69, 9.17) is 8.85 Å². The molecule has 3 aliphatic rings. The molecule has 0 aromatic carbocycles. The summed E-state index contributed by atoms with van der Waals surface area (Å²) in [5.74, 6) is 0. The molecule has 30 heavy (non-hydrogen) atoms. The maximum absolute atomic E-state index is 6.23. The van der Waals surface area contributed by atoms with Crippen molar-refractivity contribution in [3.8, 4) is 0 Å². The Balaban J connectivity index is 0.00000225. The molecule has 1 aliphatic heterocycles. The first kappa shape index (κ1) is 28.8. The minimum Gasteiger partial charge on any atom is -1.00 e. The van der Waals surface area contributed by atoms with Crippen LogP contribution in [0.2, 0.25) is 39.3 Å². The van der Waals surface area contributed by atoms with Crippen LogP contribution >= 0.6 is 0 Å². The van der Waals surface area contributed by atoms with Gasteiger partial charge in [0.1, 0.15) is 0 Å². The maximum atomic E-state index is 6.23. The molecule has 1 heterocycles. The van der Waals surface area contributed by atoms with E-state index in [0.717, 1.165) is 26.1 Å². The third-order valence-electron chi connectivity index (χ3n) is 5.82. The molecule has 0 amide bonds. The summed E-state index contributed by atoms with van der Waals surface area (Å²) in [6.07, 6.45) is 9.76. The summed E-state index contributed by atoms with van der Waals surface area (Å²) in [6, 6.07) is 0. The van der Waals surface area contributed by atoms with Crippen LogP contribution < -0.4 is 24.8 Å². The van der Waals surface area contributed by atoms with Crippen molar-refractivity contribution >= 4 is 16.6 Å². The van der Waals surface area contributed by atoms with E-state index in [1.165, 1.54) is 12.8 Å². The molecule has 7 heteroatoms. The zero-order valence-electron chi connectivity index (χ0n) is 20.0. The van der Waals surface area contributed by atoms with Crippen molar-refractivity contribution in [3.05, 3.63) is 41.0 Å². The Hall–Kier alpha value is 0.777. The molecule has 0 N–H and O–H groups in total. The smallest absolute Gasteiger partial charge is 1.00 e. The minimum absolute atomic E-state index is 0. The van der Waals surface area contributed by atoms with Crippen molar-refractivity contribution in [3.63, 3.8) is 0 Å². The van der Waals surface area contributed by atoms with E-state index in [1.54, 1.807) is 22.3 Å². The average molecular weight is 565 g/mol. The third kappa shape index (κ3) is 6.89. The number of fused-ring (bicyclic) bond motifs is 2. The summed E-state index contributed by atoms with van der Waals surface area (Å²) in [5, 5.41) is 0. The summed E-state index contributed by atoms with van der Waals surface area (Å²) in [6.45, 7) is 20.5. The molecule has 0 saturated heterocycles. The summed E-state index contributed by atoms with van der Waals surface area (Å²) >= 11 is -0.672. The molecule has 0 spiro atoms. The number of hydrogen-bond donors (Lipinski definition) is 0. The van der Waals surface area contributed by atoms with Gasteiger partial charge < -0.3 is 24.8 Å². The predicted molar refractivity (Wildman–Crippen MR) is 121 cm³/mol. The zero-order chi connectivity index (χ0) is 20.7. The minimum atomic E-state index is -1.44. The Bertz CT molecular complexity index is 707. The quantitative estimate of drug-likeness (QED) is 0.406.